The number of fused-ring (bicyclic) bond motifs is 2. The zero-order valence-electron chi connectivity index (χ0n) is 9.05. The van der Waals surface area contributed by atoms with Crippen molar-refractivity contribution in [2.45, 2.75) is 20.8 Å². The summed E-state index contributed by atoms with van der Waals surface area (Å²) in [6.45, 7) is 6.64. The van der Waals surface area contributed by atoms with Gasteiger partial charge in [0.1, 0.15) is 0 Å². The van der Waals surface area contributed by atoms with Crippen molar-refractivity contribution in [1.82, 2.24) is 0 Å². The average Bonchev–Trinajstić information content (AvgIpc) is 2.71. The van der Waals surface area contributed by atoms with E-state index in [1.807, 2.05) is 22.7 Å². The Bertz CT molecular complexity index is 655. The van der Waals surface area contributed by atoms with Gasteiger partial charge in [-0.3, -0.25) is 0 Å². The highest BCUT2D eigenvalue weighted by Crippen LogP contribution is 2.37. The van der Waals surface area contributed by atoms with E-state index in [1.165, 1.54) is 36.2 Å². The van der Waals surface area contributed by atoms with E-state index in [1.54, 1.807) is 0 Å². The van der Waals surface area contributed by atoms with Gasteiger partial charge in [0.05, 0.1) is 0 Å². The molecule has 3 rings (SSSR count). The highest BCUT2D eigenvalue weighted by atomic mass is 32.1. The molecule has 0 N–H and O–H groups in total. The molecule has 0 fully saturated rings. The zero-order valence-corrected chi connectivity index (χ0v) is 10.7. The molecule has 0 spiro atoms. The normalized spacial score (nSPS) is 11.7. The second kappa shape index (κ2) is 3.06. The molecular weight excluding hydrogens is 220 g/mol. The predicted octanol–water partition coefficient (Wildman–Crippen LogP) is 5.04. The largest absolute Gasteiger partial charge is 0.143 e. The van der Waals surface area contributed by atoms with Crippen molar-refractivity contribution in [3.05, 3.63) is 33.5 Å². The van der Waals surface area contributed by atoms with Crippen LogP contribution in [0.4, 0.5) is 0 Å². The van der Waals surface area contributed by atoms with Crippen LogP contribution in [0.3, 0.4) is 0 Å². The first-order valence-corrected chi connectivity index (χ1v) is 6.74. The maximum Gasteiger partial charge on any atom is 0.0381 e. The Morgan fingerprint density at radius 2 is 1.87 bits per heavy atom. The van der Waals surface area contributed by atoms with Crippen molar-refractivity contribution in [3.8, 4) is 0 Å². The molecule has 0 amide bonds. The van der Waals surface area contributed by atoms with E-state index in [4.69, 9.17) is 0 Å². The molecule has 0 saturated carbocycles. The highest BCUT2D eigenvalue weighted by Gasteiger charge is 2.09. The molecule has 2 aromatic heterocycles. The first-order valence-electron chi connectivity index (χ1n) is 5.04. The van der Waals surface area contributed by atoms with Crippen LogP contribution in [0, 0.1) is 20.8 Å². The lowest BCUT2D eigenvalue weighted by Gasteiger charge is -2.00. The Morgan fingerprint density at radius 3 is 2.67 bits per heavy atom. The van der Waals surface area contributed by atoms with Crippen molar-refractivity contribution in [2.75, 3.05) is 0 Å². The van der Waals surface area contributed by atoms with Gasteiger partial charge in [0.15, 0.2) is 0 Å². The van der Waals surface area contributed by atoms with Crippen molar-refractivity contribution >= 4 is 42.8 Å². The van der Waals surface area contributed by atoms with E-state index in [2.05, 4.69) is 38.3 Å². The second-order valence-electron chi connectivity index (χ2n) is 4.07. The Labute approximate surface area is 97.2 Å². The van der Waals surface area contributed by atoms with E-state index < -0.39 is 0 Å². The molecule has 0 atom stereocenters. The Morgan fingerprint density at radius 1 is 1.07 bits per heavy atom. The van der Waals surface area contributed by atoms with Crippen LogP contribution in [0.25, 0.3) is 20.2 Å². The summed E-state index contributed by atoms with van der Waals surface area (Å²) in [4.78, 5) is 1.41. The summed E-state index contributed by atoms with van der Waals surface area (Å²) >= 11 is 3.77. The molecule has 76 valence electrons. The maximum atomic E-state index is 2.33. The lowest BCUT2D eigenvalue weighted by atomic mass is 10.1. The van der Waals surface area contributed by atoms with Crippen molar-refractivity contribution in [2.24, 2.45) is 0 Å². The summed E-state index contributed by atoms with van der Waals surface area (Å²) in [5, 5.41) is 5.13. The van der Waals surface area contributed by atoms with Crippen molar-refractivity contribution in [3.63, 3.8) is 0 Å². The first kappa shape index (κ1) is 9.37. The van der Waals surface area contributed by atoms with Gasteiger partial charge < -0.3 is 0 Å². The molecule has 0 unspecified atom stereocenters. The molecule has 0 saturated heterocycles. The molecule has 2 heteroatoms. The van der Waals surface area contributed by atoms with Gasteiger partial charge in [0, 0.05) is 14.3 Å². The third kappa shape index (κ3) is 1.25. The highest BCUT2D eigenvalue weighted by molar-refractivity contribution is 7.20. The van der Waals surface area contributed by atoms with Crippen LogP contribution in [0.2, 0.25) is 0 Å². The van der Waals surface area contributed by atoms with Gasteiger partial charge in [-0.1, -0.05) is 0 Å². The number of hydrogen-bond acceptors (Lipinski definition) is 2. The minimum atomic E-state index is 1.41. The van der Waals surface area contributed by atoms with Crippen LogP contribution in [0.5, 0.6) is 0 Å². The molecule has 0 radical (unpaired) electrons. The van der Waals surface area contributed by atoms with Crippen LogP contribution in [-0.2, 0) is 0 Å². The fourth-order valence-corrected chi connectivity index (χ4v) is 4.29. The number of thiophene rings is 2. The molecule has 2 heterocycles. The van der Waals surface area contributed by atoms with E-state index >= 15 is 0 Å². The smallest absolute Gasteiger partial charge is 0.0381 e. The van der Waals surface area contributed by atoms with Crippen LogP contribution in [0.1, 0.15) is 16.0 Å². The summed E-state index contributed by atoms with van der Waals surface area (Å²) in [7, 11) is 0. The summed E-state index contributed by atoms with van der Waals surface area (Å²) in [5.41, 5.74) is 2.87. The third-order valence-electron chi connectivity index (χ3n) is 2.89. The van der Waals surface area contributed by atoms with Crippen LogP contribution in [0.15, 0.2) is 17.5 Å². The van der Waals surface area contributed by atoms with Gasteiger partial charge in [0.25, 0.3) is 0 Å². The fourth-order valence-electron chi connectivity index (χ4n) is 2.24. The summed E-state index contributed by atoms with van der Waals surface area (Å²) in [5.74, 6) is 0. The van der Waals surface area contributed by atoms with Gasteiger partial charge in [-0.25, -0.2) is 0 Å². The van der Waals surface area contributed by atoms with Gasteiger partial charge in [-0.2, -0.15) is 0 Å². The average molecular weight is 232 g/mol. The predicted molar refractivity (Wildman–Crippen MR) is 71.4 cm³/mol. The Kier molecular flexibility index (Phi) is 1.91. The third-order valence-corrected chi connectivity index (χ3v) is 5.12. The quantitative estimate of drug-likeness (QED) is 0.509. The van der Waals surface area contributed by atoms with Gasteiger partial charge in [-0.05, 0) is 60.2 Å². The number of rotatable bonds is 0. The molecule has 15 heavy (non-hydrogen) atoms. The lowest BCUT2D eigenvalue weighted by molar-refractivity contribution is 1.55. The summed E-state index contributed by atoms with van der Waals surface area (Å²) in [6, 6.07) is 4.63. The SMILES string of the molecule is Cc1cc2cc3scc(C)c3c(C)c2s1. The van der Waals surface area contributed by atoms with E-state index in [0.29, 0.717) is 0 Å². The Hall–Kier alpha value is -0.860. The lowest BCUT2D eigenvalue weighted by Crippen LogP contribution is -1.76. The molecule has 0 aliphatic rings. The van der Waals surface area contributed by atoms with Gasteiger partial charge >= 0.3 is 0 Å². The zero-order chi connectivity index (χ0) is 10.6. The number of benzene rings is 1. The fraction of sp³-hybridized carbons (Fsp3) is 0.231. The van der Waals surface area contributed by atoms with Crippen LogP contribution < -0.4 is 0 Å². The summed E-state index contributed by atoms with van der Waals surface area (Å²) < 4.78 is 2.89. The van der Waals surface area contributed by atoms with Crippen LogP contribution >= 0.6 is 22.7 Å². The minimum Gasteiger partial charge on any atom is -0.143 e. The molecular formula is C13H12S2. The Balaban J connectivity index is 2.60. The second-order valence-corrected chi connectivity index (χ2v) is 6.24. The maximum absolute atomic E-state index is 2.33. The van der Waals surface area contributed by atoms with E-state index in [9.17, 15) is 0 Å². The summed E-state index contributed by atoms with van der Waals surface area (Å²) in [6.07, 6.45) is 0. The van der Waals surface area contributed by atoms with Crippen molar-refractivity contribution < 1.29 is 0 Å². The first-order chi connectivity index (χ1) is 7.16. The molecule has 3 aromatic rings. The monoisotopic (exact) mass is 232 g/mol. The molecule has 0 bridgehead atoms. The standard InChI is InChI=1S/C13H12S2/c1-7-6-14-11-5-10-4-8(2)15-13(10)9(3)12(7)11/h4-6H,1-3H3. The molecule has 1 aromatic carbocycles. The molecule has 0 nitrogen and oxygen atoms in total. The van der Waals surface area contributed by atoms with Crippen molar-refractivity contribution in [1.29, 1.82) is 0 Å². The van der Waals surface area contributed by atoms with Gasteiger partial charge in [-0.15, -0.1) is 22.7 Å². The topological polar surface area (TPSA) is 0 Å². The van der Waals surface area contributed by atoms with E-state index in [0.717, 1.165) is 0 Å². The number of hydrogen-bond donors (Lipinski definition) is 0. The van der Waals surface area contributed by atoms with Crippen LogP contribution in [-0.4, -0.2) is 0 Å². The minimum absolute atomic E-state index is 1.41. The number of aryl methyl sites for hydroxylation is 3. The van der Waals surface area contributed by atoms with E-state index in [-0.39, 0.29) is 0 Å². The molecule has 0 aliphatic heterocycles. The van der Waals surface area contributed by atoms with Gasteiger partial charge in [0.2, 0.25) is 0 Å². The molecule has 0 aliphatic carbocycles.